The van der Waals surface area contributed by atoms with Gasteiger partial charge in [-0.25, -0.2) is 0 Å². The summed E-state index contributed by atoms with van der Waals surface area (Å²) in [6.45, 7) is 27.3. The van der Waals surface area contributed by atoms with Gasteiger partial charge < -0.3 is 0 Å². The smallest absolute Gasteiger partial charge is 0.0920 e. The van der Waals surface area contributed by atoms with Crippen molar-refractivity contribution >= 4 is 58.5 Å². The summed E-state index contributed by atoms with van der Waals surface area (Å²) < 4.78 is 0. The molecule has 0 saturated carbocycles. The fourth-order valence-corrected chi connectivity index (χ4v) is 10.5. The first-order valence-corrected chi connectivity index (χ1v) is 31.5. The molecule has 66 heavy (non-hydrogen) atoms. The number of aryl methyl sites for hydroxylation is 4. The monoisotopic (exact) mass is 1000 g/mol. The molecule has 0 fully saturated rings. The predicted molar refractivity (Wildman–Crippen MR) is 291 cm³/mol. The van der Waals surface area contributed by atoms with Gasteiger partial charge in [0.15, 0.2) is 0 Å². The summed E-state index contributed by atoms with van der Waals surface area (Å²) in [5, 5.41) is 8.41. The maximum absolute atomic E-state index is 4.93. The fraction of sp³-hybridized carbons (Fsp3) is 0.323. The fourth-order valence-electron chi connectivity index (χ4n) is 9.24. The van der Waals surface area contributed by atoms with Gasteiger partial charge in [0.25, 0.3) is 0 Å². The average molecular weight is 1000 g/mol. The number of hydrogen-bond donors (Lipinski definition) is 0. The molecule has 342 valence electrons. The van der Waals surface area contributed by atoms with E-state index in [9.17, 15) is 0 Å². The van der Waals surface area contributed by atoms with Crippen molar-refractivity contribution in [3.8, 4) is 33.4 Å². The molecule has 0 bridgehead atoms. The summed E-state index contributed by atoms with van der Waals surface area (Å²) in [4.78, 5) is 0. The van der Waals surface area contributed by atoms with Gasteiger partial charge in [-0.05, 0) is 83.7 Å². The van der Waals surface area contributed by atoms with Crippen LogP contribution in [0.3, 0.4) is 0 Å². The van der Waals surface area contributed by atoms with Crippen LogP contribution in [-0.2, 0) is 33.7 Å². The van der Waals surface area contributed by atoms with Crippen LogP contribution in [0.5, 0.6) is 0 Å². The van der Waals surface area contributed by atoms with E-state index >= 15 is 0 Å². The van der Waals surface area contributed by atoms with E-state index in [1.54, 1.807) is 0 Å². The zero-order valence-electron chi connectivity index (χ0n) is 41.5. The van der Waals surface area contributed by atoms with Crippen molar-refractivity contribution in [2.45, 2.75) is 132 Å². The van der Waals surface area contributed by atoms with Crippen LogP contribution in [-0.4, -0.2) is 9.52 Å². The van der Waals surface area contributed by atoms with Gasteiger partial charge in [-0.15, -0.1) is 74.6 Å². The molecule has 9 rings (SSSR count). The molecule has 0 atom stereocenters. The van der Waals surface area contributed by atoms with E-state index in [1.165, 1.54) is 123 Å². The Labute approximate surface area is 419 Å². The molecule has 0 aromatic heterocycles. The Balaban J connectivity index is 0.000000166. The van der Waals surface area contributed by atoms with Gasteiger partial charge in [-0.2, -0.15) is 41.6 Å². The first-order valence-electron chi connectivity index (χ1n) is 24.2. The molecule has 8 aromatic rings. The molecule has 0 aliphatic carbocycles. The summed E-state index contributed by atoms with van der Waals surface area (Å²) in [6, 6.07) is 51.3. The minimum absolute atomic E-state index is 0.548. The van der Waals surface area contributed by atoms with Crippen molar-refractivity contribution in [2.24, 2.45) is 0 Å². The average Bonchev–Trinajstić information content (AvgIpc) is 4.01. The first kappa shape index (κ1) is 51.6. The van der Waals surface area contributed by atoms with Crippen LogP contribution >= 0.6 is 17.0 Å². The number of halogens is 2. The van der Waals surface area contributed by atoms with Crippen LogP contribution in [0.25, 0.3) is 54.9 Å². The molecule has 0 N–H and O–H groups in total. The molecule has 4 heteroatoms. The second kappa shape index (κ2) is 24.0. The molecule has 0 unspecified atom stereocenters. The van der Waals surface area contributed by atoms with Crippen molar-refractivity contribution in [3.63, 3.8) is 0 Å². The van der Waals surface area contributed by atoms with E-state index in [1.807, 2.05) is 6.07 Å². The Kier molecular flexibility index (Phi) is 18.8. The maximum Gasteiger partial charge on any atom is 0.0920 e. The van der Waals surface area contributed by atoms with E-state index in [-0.39, 0.29) is 0 Å². The molecule has 0 nitrogen and oxygen atoms in total. The summed E-state index contributed by atoms with van der Waals surface area (Å²) in [5.41, 5.74) is 19.8. The van der Waals surface area contributed by atoms with Gasteiger partial charge in [0.1, 0.15) is 0 Å². The molecule has 0 saturated heterocycles. The van der Waals surface area contributed by atoms with E-state index < -0.39 is 20.8 Å². The Hall–Kier alpha value is -3.78. The molecule has 0 spiro atoms. The quantitative estimate of drug-likeness (QED) is 0.0946. The van der Waals surface area contributed by atoms with Gasteiger partial charge in [-0.1, -0.05) is 176 Å². The third-order valence-electron chi connectivity index (χ3n) is 12.9. The normalized spacial score (nSPS) is 11.6. The zero-order chi connectivity index (χ0) is 47.7. The Morgan fingerprint density at radius 3 is 1.35 bits per heavy atom. The summed E-state index contributed by atoms with van der Waals surface area (Å²) >= 11 is -0.826. The first-order chi connectivity index (χ1) is 31.7. The van der Waals surface area contributed by atoms with Crippen molar-refractivity contribution in [1.29, 1.82) is 0 Å². The third kappa shape index (κ3) is 12.5. The maximum atomic E-state index is 4.93. The molecular weight excluding hydrogens is 935 g/mol. The van der Waals surface area contributed by atoms with Crippen molar-refractivity contribution in [2.75, 3.05) is 0 Å². The van der Waals surface area contributed by atoms with Crippen LogP contribution < -0.4 is 10.4 Å². The Morgan fingerprint density at radius 2 is 0.939 bits per heavy atom. The molecule has 1 heterocycles. The Morgan fingerprint density at radius 1 is 0.530 bits per heavy atom. The number of fused-ring (bicyclic) bond motifs is 5. The Bertz CT molecular complexity index is 2600. The van der Waals surface area contributed by atoms with Gasteiger partial charge in [0.2, 0.25) is 0 Å². The number of hydrogen-bond acceptors (Lipinski definition) is 0. The number of rotatable bonds is 10. The summed E-state index contributed by atoms with van der Waals surface area (Å²) in [7, 11) is 10.7. The van der Waals surface area contributed by atoms with Crippen LogP contribution in [0.1, 0.15) is 150 Å². The van der Waals surface area contributed by atoms with Gasteiger partial charge in [0.05, 0.1) is 9.52 Å². The van der Waals surface area contributed by atoms with E-state index in [0.29, 0.717) is 23.7 Å². The predicted octanol–water partition coefficient (Wildman–Crippen LogP) is 18.0. The van der Waals surface area contributed by atoms with Gasteiger partial charge >= 0.3 is 37.9 Å². The molecule has 1 aliphatic rings. The molecule has 1 aliphatic heterocycles. The van der Waals surface area contributed by atoms with Crippen molar-refractivity contribution in [3.05, 3.63) is 178 Å². The van der Waals surface area contributed by atoms with Gasteiger partial charge in [-0.3, -0.25) is 0 Å². The second-order valence-corrected chi connectivity index (χ2v) is 24.4. The minimum atomic E-state index is -0.826. The molecule has 0 amide bonds. The van der Waals surface area contributed by atoms with Crippen LogP contribution in [0.2, 0.25) is 0 Å². The molecular formula is C62H69Cl2SiZr-3. The van der Waals surface area contributed by atoms with E-state index in [0.717, 1.165) is 22.4 Å². The van der Waals surface area contributed by atoms with Crippen LogP contribution in [0.15, 0.2) is 127 Å². The topological polar surface area (TPSA) is 0 Å². The van der Waals surface area contributed by atoms with E-state index in [2.05, 4.69) is 210 Å². The van der Waals surface area contributed by atoms with Gasteiger partial charge in [0, 0.05) is 0 Å². The SMILES string of the molecule is CCCc1cc2c(-c3cc(C(C)C)cc(C(C)C)c3)c(C)ccc2[cH-]1.CCCc1cc2c(-c3cc(C(C)C)cc(C(C)C)c3)c(C)ccc2[cH-]1.[Cl][Zr][Cl].[c-]1cccc2c1[Si]c1ccccc1-2. The summed E-state index contributed by atoms with van der Waals surface area (Å²) in [6.07, 6.45) is 4.73. The van der Waals surface area contributed by atoms with Crippen LogP contribution in [0.4, 0.5) is 0 Å². The van der Waals surface area contributed by atoms with Crippen molar-refractivity contribution < 1.29 is 20.8 Å². The molecule has 2 radical (unpaired) electrons. The van der Waals surface area contributed by atoms with E-state index in [4.69, 9.17) is 17.0 Å². The van der Waals surface area contributed by atoms with Crippen LogP contribution in [0, 0.1) is 19.9 Å². The number of benzene rings is 6. The third-order valence-corrected chi connectivity index (χ3v) is 14.3. The standard InChI is InChI=1S/2C25H31.C12H7Si.2ClH.Zr/c2*1-7-8-19-11-20-10-9-18(6)25(24(20)12-19)23-14-21(16(2)3)13-22(15-23)17(4)5;1-3-7-11-9(5-1)10-6-2-4-8-12(10)13-11;;;/h2*9-17H,7-8H2,1-6H3;1-7H;2*1H;/q3*-1;;;+2/p-2. The molecule has 8 aromatic carbocycles. The van der Waals surface area contributed by atoms with Crippen molar-refractivity contribution in [1.82, 2.24) is 0 Å². The largest absolute Gasteiger partial charge is 0.184 e. The minimum Gasteiger partial charge on any atom is -0.184 e. The zero-order valence-corrected chi connectivity index (χ0v) is 46.5. The summed E-state index contributed by atoms with van der Waals surface area (Å²) in [5.74, 6) is 2.19. The second-order valence-electron chi connectivity index (χ2n) is 19.3.